The van der Waals surface area contributed by atoms with E-state index in [0.29, 0.717) is 21.9 Å². The SMILES string of the molecule is Cc1c(Br)c(=O)n(C2CCCC2)c2nc(Nc3ccc(N4CCCNCC4)cn3)ncc12.Cl. The molecule has 0 amide bonds. The number of rotatable bonds is 4. The number of nitrogens with one attached hydrogen (secondary N) is 2. The van der Waals surface area contributed by atoms with Crippen molar-refractivity contribution < 1.29 is 0 Å². The van der Waals surface area contributed by atoms with Gasteiger partial charge in [0.25, 0.3) is 5.56 Å². The summed E-state index contributed by atoms with van der Waals surface area (Å²) in [5.74, 6) is 1.13. The van der Waals surface area contributed by atoms with Crippen LogP contribution in [-0.4, -0.2) is 45.7 Å². The highest BCUT2D eigenvalue weighted by Crippen LogP contribution is 2.32. The summed E-state index contributed by atoms with van der Waals surface area (Å²) in [6.07, 6.45) is 9.12. The highest BCUT2D eigenvalue weighted by atomic mass is 79.9. The number of halogens is 2. The Labute approximate surface area is 207 Å². The molecule has 2 fully saturated rings. The maximum absolute atomic E-state index is 13.1. The van der Waals surface area contributed by atoms with Gasteiger partial charge in [0.05, 0.1) is 16.4 Å². The Kier molecular flexibility index (Phi) is 7.51. The van der Waals surface area contributed by atoms with Crippen LogP contribution in [-0.2, 0) is 0 Å². The van der Waals surface area contributed by atoms with E-state index in [1.807, 2.05) is 23.8 Å². The van der Waals surface area contributed by atoms with Crippen molar-refractivity contribution in [2.75, 3.05) is 36.4 Å². The highest BCUT2D eigenvalue weighted by Gasteiger charge is 2.24. The van der Waals surface area contributed by atoms with E-state index in [0.717, 1.165) is 74.9 Å². The van der Waals surface area contributed by atoms with E-state index in [4.69, 9.17) is 4.98 Å². The summed E-state index contributed by atoms with van der Waals surface area (Å²) in [6, 6.07) is 4.22. The van der Waals surface area contributed by atoms with Gasteiger partial charge in [-0.3, -0.25) is 9.36 Å². The average Bonchev–Trinajstić information content (AvgIpc) is 3.19. The summed E-state index contributed by atoms with van der Waals surface area (Å²) in [4.78, 5) is 29.3. The first-order valence-corrected chi connectivity index (χ1v) is 12.2. The molecule has 1 aliphatic heterocycles. The summed E-state index contributed by atoms with van der Waals surface area (Å²) in [6.45, 7) is 5.99. The second-order valence-corrected chi connectivity index (χ2v) is 9.39. The van der Waals surface area contributed by atoms with Gasteiger partial charge in [0.2, 0.25) is 5.95 Å². The van der Waals surface area contributed by atoms with E-state index < -0.39 is 0 Å². The quantitative estimate of drug-likeness (QED) is 0.515. The first-order chi connectivity index (χ1) is 15.6. The largest absolute Gasteiger partial charge is 0.369 e. The number of hydrogen-bond donors (Lipinski definition) is 2. The van der Waals surface area contributed by atoms with Crippen LogP contribution in [0, 0.1) is 6.92 Å². The molecule has 0 atom stereocenters. The van der Waals surface area contributed by atoms with Gasteiger partial charge in [-0.2, -0.15) is 4.98 Å². The van der Waals surface area contributed by atoms with E-state index in [1.165, 1.54) is 0 Å². The molecule has 10 heteroatoms. The molecule has 0 radical (unpaired) electrons. The van der Waals surface area contributed by atoms with E-state index in [-0.39, 0.29) is 24.0 Å². The molecular formula is C23H29BrClN7O. The molecule has 3 aromatic rings. The summed E-state index contributed by atoms with van der Waals surface area (Å²) in [7, 11) is 0. The number of hydrogen-bond acceptors (Lipinski definition) is 7. The summed E-state index contributed by atoms with van der Waals surface area (Å²) in [5, 5.41) is 7.54. The third-order valence-electron chi connectivity index (χ3n) is 6.52. The number of aromatic nitrogens is 4. The van der Waals surface area contributed by atoms with Crippen molar-refractivity contribution in [2.45, 2.75) is 45.1 Å². The summed E-state index contributed by atoms with van der Waals surface area (Å²) >= 11 is 3.49. The predicted molar refractivity (Wildman–Crippen MR) is 138 cm³/mol. The maximum atomic E-state index is 13.1. The van der Waals surface area contributed by atoms with Crippen molar-refractivity contribution in [3.05, 3.63) is 44.9 Å². The van der Waals surface area contributed by atoms with Crippen LogP contribution >= 0.6 is 28.3 Å². The van der Waals surface area contributed by atoms with Crippen LogP contribution in [0.5, 0.6) is 0 Å². The molecule has 0 spiro atoms. The van der Waals surface area contributed by atoms with Gasteiger partial charge in [0.15, 0.2) is 0 Å². The Bertz CT molecular complexity index is 1170. The van der Waals surface area contributed by atoms with Crippen molar-refractivity contribution in [1.82, 2.24) is 24.8 Å². The lowest BCUT2D eigenvalue weighted by Gasteiger charge is -2.22. The van der Waals surface area contributed by atoms with Crippen LogP contribution in [0.2, 0.25) is 0 Å². The van der Waals surface area contributed by atoms with Crippen LogP contribution in [0.1, 0.15) is 43.7 Å². The summed E-state index contributed by atoms with van der Waals surface area (Å²) in [5.41, 5.74) is 2.67. The topological polar surface area (TPSA) is 88.0 Å². The lowest BCUT2D eigenvalue weighted by atomic mass is 10.1. The molecule has 2 aliphatic rings. The van der Waals surface area contributed by atoms with Crippen LogP contribution in [0.25, 0.3) is 11.0 Å². The Morgan fingerprint density at radius 1 is 1.09 bits per heavy atom. The molecule has 1 saturated carbocycles. The minimum Gasteiger partial charge on any atom is -0.369 e. The van der Waals surface area contributed by atoms with E-state index >= 15 is 0 Å². The van der Waals surface area contributed by atoms with Gasteiger partial charge in [-0.25, -0.2) is 9.97 Å². The minimum atomic E-state index is -0.0130. The molecule has 8 nitrogen and oxygen atoms in total. The molecule has 33 heavy (non-hydrogen) atoms. The second-order valence-electron chi connectivity index (χ2n) is 8.60. The standard InChI is InChI=1S/C23H28BrN7O.ClH/c1-15-18-14-27-23(29-21(18)31(22(32)20(15)24)16-5-2-3-6-16)28-19-8-7-17(13-26-19)30-11-4-9-25-10-12-30;/h7-8,13-14,16,25H,2-6,9-12H2,1H3,(H,26,27,28,29);1H. The van der Waals surface area contributed by atoms with Crippen LogP contribution in [0.15, 0.2) is 33.8 Å². The third-order valence-corrected chi connectivity index (χ3v) is 7.45. The normalized spacial score (nSPS) is 17.1. The maximum Gasteiger partial charge on any atom is 0.267 e. The Morgan fingerprint density at radius 2 is 1.91 bits per heavy atom. The number of aryl methyl sites for hydroxylation is 1. The smallest absolute Gasteiger partial charge is 0.267 e. The number of pyridine rings is 2. The van der Waals surface area contributed by atoms with Crippen molar-refractivity contribution in [3.8, 4) is 0 Å². The Balaban J connectivity index is 0.00000259. The summed E-state index contributed by atoms with van der Waals surface area (Å²) < 4.78 is 2.46. The van der Waals surface area contributed by atoms with Crippen LogP contribution in [0.4, 0.5) is 17.5 Å². The van der Waals surface area contributed by atoms with Gasteiger partial charge in [-0.1, -0.05) is 12.8 Å². The number of nitrogens with zero attached hydrogens (tertiary/aromatic N) is 5. The minimum absolute atomic E-state index is 0. The zero-order valence-electron chi connectivity index (χ0n) is 18.7. The molecule has 1 saturated heterocycles. The molecular weight excluding hydrogens is 506 g/mol. The molecule has 0 bridgehead atoms. The number of fused-ring (bicyclic) bond motifs is 1. The van der Waals surface area contributed by atoms with Gasteiger partial charge < -0.3 is 15.5 Å². The predicted octanol–water partition coefficient (Wildman–Crippen LogP) is 4.34. The molecule has 176 valence electrons. The fourth-order valence-corrected chi connectivity index (χ4v) is 5.13. The zero-order valence-corrected chi connectivity index (χ0v) is 21.1. The molecule has 5 rings (SSSR count). The van der Waals surface area contributed by atoms with Crippen molar-refractivity contribution in [2.24, 2.45) is 0 Å². The van der Waals surface area contributed by atoms with Crippen molar-refractivity contribution in [3.63, 3.8) is 0 Å². The van der Waals surface area contributed by atoms with Gasteiger partial charge in [0, 0.05) is 37.3 Å². The van der Waals surface area contributed by atoms with Gasteiger partial charge >= 0.3 is 0 Å². The van der Waals surface area contributed by atoms with Crippen LogP contribution < -0.4 is 21.1 Å². The van der Waals surface area contributed by atoms with Gasteiger partial charge in [-0.05, 0) is 66.4 Å². The third kappa shape index (κ3) is 4.85. The van der Waals surface area contributed by atoms with Gasteiger partial charge in [0.1, 0.15) is 11.5 Å². The average molecular weight is 535 g/mol. The fraction of sp³-hybridized carbons (Fsp3) is 0.478. The van der Waals surface area contributed by atoms with E-state index in [1.54, 1.807) is 6.20 Å². The molecule has 2 N–H and O–H groups in total. The molecule has 0 unspecified atom stereocenters. The van der Waals surface area contributed by atoms with Crippen LogP contribution in [0.3, 0.4) is 0 Å². The first-order valence-electron chi connectivity index (χ1n) is 11.4. The van der Waals surface area contributed by atoms with E-state index in [9.17, 15) is 4.79 Å². The van der Waals surface area contributed by atoms with E-state index in [2.05, 4.69) is 47.5 Å². The van der Waals surface area contributed by atoms with Crippen molar-refractivity contribution >= 4 is 56.8 Å². The molecule has 4 heterocycles. The zero-order chi connectivity index (χ0) is 22.1. The van der Waals surface area contributed by atoms with Gasteiger partial charge in [-0.15, -0.1) is 12.4 Å². The highest BCUT2D eigenvalue weighted by molar-refractivity contribution is 9.10. The lowest BCUT2D eigenvalue weighted by Crippen LogP contribution is -2.27. The monoisotopic (exact) mass is 533 g/mol. The molecule has 3 aromatic heterocycles. The fourth-order valence-electron chi connectivity index (χ4n) is 4.73. The first kappa shape index (κ1) is 23.9. The lowest BCUT2D eigenvalue weighted by molar-refractivity contribution is 0.514. The Morgan fingerprint density at radius 3 is 2.67 bits per heavy atom. The molecule has 0 aromatic carbocycles. The number of anilines is 3. The van der Waals surface area contributed by atoms with Crippen molar-refractivity contribution in [1.29, 1.82) is 0 Å². The molecule has 1 aliphatic carbocycles. The second kappa shape index (κ2) is 10.4. The Hall–Kier alpha value is -2.23.